The molecule has 166 valence electrons. The number of nitrogens with one attached hydrogen (secondary N) is 1. The van der Waals surface area contributed by atoms with Crippen LogP contribution in [0.5, 0.6) is 11.5 Å². The number of benzene rings is 2. The fourth-order valence-corrected chi connectivity index (χ4v) is 5.06. The van der Waals surface area contributed by atoms with Crippen molar-refractivity contribution in [2.75, 3.05) is 19.5 Å². The third-order valence-electron chi connectivity index (χ3n) is 6.49. The summed E-state index contributed by atoms with van der Waals surface area (Å²) in [5, 5.41) is 2.91. The molecule has 5 rings (SSSR count). The molecule has 1 N–H and O–H groups in total. The van der Waals surface area contributed by atoms with E-state index >= 15 is 0 Å². The Bertz CT molecular complexity index is 1110. The topological polar surface area (TPSA) is 69.9 Å². The maximum absolute atomic E-state index is 12.5. The number of fused-ring (bicyclic) bond motifs is 3. The highest BCUT2D eigenvalue weighted by Gasteiger charge is 2.41. The number of methoxy groups -OCH3 is 2. The highest BCUT2D eigenvalue weighted by atomic mass is 16.5. The van der Waals surface area contributed by atoms with Gasteiger partial charge >= 0.3 is 0 Å². The molecule has 3 atom stereocenters. The third-order valence-corrected chi connectivity index (χ3v) is 6.49. The van der Waals surface area contributed by atoms with Crippen molar-refractivity contribution in [1.29, 1.82) is 0 Å². The van der Waals surface area contributed by atoms with Crippen LogP contribution in [-0.2, 0) is 4.74 Å². The molecule has 1 saturated carbocycles. The van der Waals surface area contributed by atoms with Crippen molar-refractivity contribution in [2.45, 2.75) is 43.8 Å². The monoisotopic (exact) mass is 433 g/mol. The van der Waals surface area contributed by atoms with Crippen molar-refractivity contribution in [3.05, 3.63) is 77.2 Å². The first-order valence-electron chi connectivity index (χ1n) is 11.0. The van der Waals surface area contributed by atoms with Crippen LogP contribution >= 0.6 is 0 Å². The number of rotatable bonds is 5. The highest BCUT2D eigenvalue weighted by Crippen LogP contribution is 2.52. The summed E-state index contributed by atoms with van der Waals surface area (Å²) in [6, 6.07) is 15.0. The minimum Gasteiger partial charge on any atom is -0.496 e. The number of furan rings is 1. The first-order chi connectivity index (χ1) is 15.7. The van der Waals surface area contributed by atoms with Gasteiger partial charge in [-0.25, -0.2) is 0 Å². The molecule has 2 aromatic carbocycles. The standard InChI is InChI=1S/C26H27NO5/c1-29-20-12-13-21(30-2)24-23(20)18-9-3-4-10-19(18)32-25(24)16-7-5-8-17(15-16)27-26(28)22-11-6-14-31-22/h5-8,11-15,18-19,25H,3-4,9-10H2,1-2H3,(H,27,28)/t18-,19-,25-/m0/s1. The Balaban J connectivity index is 1.56. The zero-order valence-electron chi connectivity index (χ0n) is 18.3. The second-order valence-electron chi connectivity index (χ2n) is 8.30. The molecule has 1 amide bonds. The van der Waals surface area contributed by atoms with Crippen molar-refractivity contribution in [3.63, 3.8) is 0 Å². The zero-order chi connectivity index (χ0) is 22.1. The van der Waals surface area contributed by atoms with E-state index in [1.165, 1.54) is 18.2 Å². The lowest BCUT2D eigenvalue weighted by atomic mass is 9.75. The van der Waals surface area contributed by atoms with Crippen molar-refractivity contribution >= 4 is 11.6 Å². The Labute approximate surface area is 187 Å². The van der Waals surface area contributed by atoms with Crippen LogP contribution in [0.25, 0.3) is 0 Å². The Kier molecular flexibility index (Phi) is 5.62. The zero-order valence-corrected chi connectivity index (χ0v) is 18.3. The first kappa shape index (κ1) is 20.6. The molecule has 0 radical (unpaired) electrons. The van der Waals surface area contributed by atoms with Crippen LogP contribution in [0.1, 0.15) is 65.0 Å². The molecular weight excluding hydrogens is 406 g/mol. The molecule has 0 bridgehead atoms. The van der Waals surface area contributed by atoms with Gasteiger partial charge in [0.15, 0.2) is 5.76 Å². The Hall–Kier alpha value is -3.25. The summed E-state index contributed by atoms with van der Waals surface area (Å²) in [6.07, 6.45) is 5.75. The van der Waals surface area contributed by atoms with Gasteiger partial charge in [-0.2, -0.15) is 0 Å². The fraction of sp³-hybridized carbons (Fsp3) is 0.346. The number of hydrogen-bond acceptors (Lipinski definition) is 5. The van der Waals surface area contributed by atoms with E-state index in [2.05, 4.69) is 5.32 Å². The number of ether oxygens (including phenoxy) is 3. The minimum atomic E-state index is -0.310. The summed E-state index contributed by atoms with van der Waals surface area (Å²) in [6.45, 7) is 0. The van der Waals surface area contributed by atoms with Gasteiger partial charge in [0.05, 0.1) is 26.6 Å². The lowest BCUT2D eigenvalue weighted by Gasteiger charge is -2.42. The van der Waals surface area contributed by atoms with E-state index in [1.54, 1.807) is 26.4 Å². The van der Waals surface area contributed by atoms with Gasteiger partial charge in [0, 0.05) is 22.7 Å². The number of carbonyl (C=O) groups excluding carboxylic acids is 1. The van der Waals surface area contributed by atoms with E-state index in [9.17, 15) is 4.79 Å². The van der Waals surface area contributed by atoms with Crippen LogP contribution in [0.15, 0.2) is 59.2 Å². The van der Waals surface area contributed by atoms with Gasteiger partial charge in [-0.15, -0.1) is 0 Å². The van der Waals surface area contributed by atoms with Crippen molar-refractivity contribution in [2.24, 2.45) is 0 Å². The molecule has 6 nitrogen and oxygen atoms in total. The number of hydrogen-bond donors (Lipinski definition) is 1. The van der Waals surface area contributed by atoms with Gasteiger partial charge in [-0.3, -0.25) is 4.79 Å². The van der Waals surface area contributed by atoms with Crippen molar-refractivity contribution < 1.29 is 23.4 Å². The molecule has 0 unspecified atom stereocenters. The minimum absolute atomic E-state index is 0.128. The third kappa shape index (κ3) is 3.65. The summed E-state index contributed by atoms with van der Waals surface area (Å²) in [7, 11) is 3.40. The average molecular weight is 434 g/mol. The largest absolute Gasteiger partial charge is 0.496 e. The maximum atomic E-state index is 12.5. The highest BCUT2D eigenvalue weighted by molar-refractivity contribution is 6.02. The lowest BCUT2D eigenvalue weighted by molar-refractivity contribution is -0.0406. The molecule has 0 saturated heterocycles. The Morgan fingerprint density at radius 2 is 1.75 bits per heavy atom. The molecule has 2 aliphatic rings. The van der Waals surface area contributed by atoms with Crippen LogP contribution in [0.3, 0.4) is 0 Å². The van der Waals surface area contributed by atoms with E-state index in [0.717, 1.165) is 41.9 Å². The van der Waals surface area contributed by atoms with Gasteiger partial charge in [0.1, 0.15) is 17.6 Å². The van der Waals surface area contributed by atoms with Crippen LogP contribution in [0.2, 0.25) is 0 Å². The van der Waals surface area contributed by atoms with Crippen molar-refractivity contribution in [1.82, 2.24) is 0 Å². The smallest absolute Gasteiger partial charge is 0.291 e. The average Bonchev–Trinajstić information content (AvgIpc) is 3.38. The number of amides is 1. The molecule has 1 aliphatic carbocycles. The van der Waals surface area contributed by atoms with Crippen molar-refractivity contribution in [3.8, 4) is 11.5 Å². The number of anilines is 1. The fourth-order valence-electron chi connectivity index (χ4n) is 5.06. The lowest BCUT2D eigenvalue weighted by Crippen LogP contribution is -2.34. The summed E-state index contributed by atoms with van der Waals surface area (Å²) < 4.78 is 23.5. The molecule has 3 aromatic rings. The first-order valence-corrected chi connectivity index (χ1v) is 11.0. The quantitative estimate of drug-likeness (QED) is 0.559. The van der Waals surface area contributed by atoms with Crippen LogP contribution in [0.4, 0.5) is 5.69 Å². The van der Waals surface area contributed by atoms with E-state index in [4.69, 9.17) is 18.6 Å². The van der Waals surface area contributed by atoms with Gasteiger partial charge in [0.2, 0.25) is 0 Å². The van der Waals surface area contributed by atoms with E-state index in [1.807, 2.05) is 36.4 Å². The van der Waals surface area contributed by atoms with Crippen LogP contribution < -0.4 is 14.8 Å². The predicted octanol–water partition coefficient (Wildman–Crippen LogP) is 5.69. The van der Waals surface area contributed by atoms with E-state index in [0.29, 0.717) is 11.6 Å². The molecule has 0 spiro atoms. The number of carbonyl (C=O) groups is 1. The van der Waals surface area contributed by atoms with E-state index in [-0.39, 0.29) is 23.9 Å². The summed E-state index contributed by atoms with van der Waals surface area (Å²) in [5.74, 6) is 1.95. The summed E-state index contributed by atoms with van der Waals surface area (Å²) in [4.78, 5) is 12.5. The van der Waals surface area contributed by atoms with Gasteiger partial charge in [0.25, 0.3) is 5.91 Å². The van der Waals surface area contributed by atoms with Crippen LogP contribution in [-0.4, -0.2) is 26.2 Å². The normalized spacial score (nSPS) is 21.9. The molecule has 1 aliphatic heterocycles. The summed E-state index contributed by atoms with van der Waals surface area (Å²) in [5.41, 5.74) is 3.85. The molecule has 2 heterocycles. The van der Waals surface area contributed by atoms with E-state index < -0.39 is 0 Å². The van der Waals surface area contributed by atoms with Gasteiger partial charge in [-0.05, 0) is 54.8 Å². The van der Waals surface area contributed by atoms with Gasteiger partial charge < -0.3 is 23.9 Å². The molecular formula is C26H27NO5. The molecule has 1 fully saturated rings. The molecule has 1 aromatic heterocycles. The second kappa shape index (κ2) is 8.71. The second-order valence-corrected chi connectivity index (χ2v) is 8.30. The predicted molar refractivity (Wildman–Crippen MR) is 121 cm³/mol. The molecule has 32 heavy (non-hydrogen) atoms. The molecule has 6 heteroatoms. The van der Waals surface area contributed by atoms with Crippen LogP contribution in [0, 0.1) is 0 Å². The SMILES string of the molecule is COc1ccc(OC)c2c1[C@H](c1cccc(NC(=O)c3ccco3)c1)O[C@H]1CCCC[C@H]21. The summed E-state index contributed by atoms with van der Waals surface area (Å²) >= 11 is 0. The Morgan fingerprint density at radius 1 is 0.969 bits per heavy atom. The van der Waals surface area contributed by atoms with Gasteiger partial charge in [-0.1, -0.05) is 25.0 Å². The maximum Gasteiger partial charge on any atom is 0.291 e. The Morgan fingerprint density at radius 3 is 2.50 bits per heavy atom.